The molecule has 1 fully saturated rings. The molecule has 1 aliphatic heterocycles. The molecule has 1 amide bonds. The number of piperazine rings is 1. The highest BCUT2D eigenvalue weighted by Gasteiger charge is 2.44. The van der Waals surface area contributed by atoms with Crippen LogP contribution in [-0.2, 0) is 24.7 Å². The first-order valence-electron chi connectivity index (χ1n) is 10.3. The molecule has 2 aromatic carbocycles. The second kappa shape index (κ2) is 9.62. The van der Waals surface area contributed by atoms with Gasteiger partial charge in [-0.3, -0.25) is 9.52 Å². The number of nitrogens with one attached hydrogen (secondary N) is 3. The maximum atomic E-state index is 15.0. The number of carbonyl (C=O) groups is 1. The van der Waals surface area contributed by atoms with Gasteiger partial charge in [-0.15, -0.1) is 0 Å². The fourth-order valence-corrected chi connectivity index (χ4v) is 6.97. The number of fused-ring (bicyclic) bond motifs is 1. The summed E-state index contributed by atoms with van der Waals surface area (Å²) in [5.74, 6) is -3.32. The normalized spacial score (nSPS) is 17.1. The number of amides is 1. The van der Waals surface area contributed by atoms with Crippen molar-refractivity contribution in [2.75, 3.05) is 30.9 Å². The second-order valence-corrected chi connectivity index (χ2v) is 12.4. The monoisotopic (exact) mass is 601 g/mol. The Morgan fingerprint density at radius 2 is 1.68 bits per heavy atom. The summed E-state index contributed by atoms with van der Waals surface area (Å²) < 4.78 is 103. The van der Waals surface area contributed by atoms with Gasteiger partial charge in [-0.2, -0.15) is 13.2 Å². The lowest BCUT2D eigenvalue weighted by atomic mass is 10.2. The largest absolute Gasteiger partial charge is 0.471 e. The Bertz CT molecular complexity index is 1600. The third-order valence-electron chi connectivity index (χ3n) is 5.62. The molecule has 1 atom stereocenters. The number of carbonyl (C=O) groups excluding carboxylic acids is 1. The van der Waals surface area contributed by atoms with Crippen molar-refractivity contribution in [2.45, 2.75) is 16.0 Å². The molecule has 4 rings (SSSR count). The van der Waals surface area contributed by atoms with Crippen LogP contribution in [0.2, 0.25) is 10.0 Å². The first-order valence-corrected chi connectivity index (χ1v) is 14.1. The van der Waals surface area contributed by atoms with Gasteiger partial charge in [0.25, 0.3) is 10.0 Å². The van der Waals surface area contributed by atoms with Crippen molar-refractivity contribution in [3.05, 3.63) is 52.4 Å². The molecule has 200 valence electrons. The smallest absolute Gasteiger partial charge is 0.358 e. The Balaban J connectivity index is 1.56. The quantitative estimate of drug-likeness (QED) is 0.374. The van der Waals surface area contributed by atoms with E-state index in [0.29, 0.717) is 16.4 Å². The van der Waals surface area contributed by atoms with Gasteiger partial charge in [0.2, 0.25) is 0 Å². The van der Waals surface area contributed by atoms with Gasteiger partial charge < -0.3 is 9.88 Å². The number of anilines is 1. The Morgan fingerprint density at radius 1 is 1.03 bits per heavy atom. The molecule has 37 heavy (non-hydrogen) atoms. The molecule has 0 aliphatic carbocycles. The van der Waals surface area contributed by atoms with Crippen LogP contribution in [0.4, 0.5) is 23.2 Å². The number of halogens is 6. The van der Waals surface area contributed by atoms with E-state index in [1.807, 2.05) is 0 Å². The molecule has 0 radical (unpaired) electrons. The number of aromatic amines is 1. The van der Waals surface area contributed by atoms with E-state index < -0.39 is 60.7 Å². The number of rotatable bonds is 5. The third kappa shape index (κ3) is 5.23. The van der Waals surface area contributed by atoms with Gasteiger partial charge in [-0.25, -0.2) is 26.1 Å². The number of H-pyrrole nitrogens is 1. The molecule has 3 N–H and O–H groups in total. The summed E-state index contributed by atoms with van der Waals surface area (Å²) in [6.07, 6.45) is -3.66. The van der Waals surface area contributed by atoms with Crippen LogP contribution in [-0.4, -0.2) is 65.1 Å². The molecule has 1 aliphatic rings. The fraction of sp³-hybridized carbons (Fsp3) is 0.250. The topological polar surface area (TPSA) is 126 Å². The van der Waals surface area contributed by atoms with Crippen LogP contribution in [0.1, 0.15) is 0 Å². The molecule has 17 heteroatoms. The van der Waals surface area contributed by atoms with E-state index in [1.165, 1.54) is 18.3 Å². The molecule has 9 nitrogen and oxygen atoms in total. The number of alkyl halides is 3. The van der Waals surface area contributed by atoms with Crippen LogP contribution in [0, 0.1) is 10.6 Å². The van der Waals surface area contributed by atoms with Crippen molar-refractivity contribution in [1.29, 1.82) is 4.78 Å². The lowest BCUT2D eigenvalue weighted by molar-refractivity contribution is -0.186. The zero-order chi connectivity index (χ0) is 27.3. The molecule has 1 unspecified atom stereocenters. The minimum absolute atomic E-state index is 0.0753. The minimum Gasteiger partial charge on any atom is -0.358 e. The molecule has 0 saturated carbocycles. The minimum atomic E-state index is -5.07. The number of hydrogen-bond donors (Lipinski definition) is 3. The standard InChI is InChI=1S/C20H17Cl2F4N5O4S2/c21-12-2-3-15(18-17(12)13(22)10-28-18)29-37(34,35)11-1-4-16(14(23)9-11)36(27,33)31-7-5-30(6-8-31)19(32)20(24,25)26/h1-4,9-10,27-29H,5-8H2. The van der Waals surface area contributed by atoms with Gasteiger partial charge >= 0.3 is 12.1 Å². The van der Waals surface area contributed by atoms with Gasteiger partial charge in [-0.05, 0) is 30.3 Å². The molecule has 1 aromatic heterocycles. The SMILES string of the molecule is N=S(=O)(c1ccc(S(=O)(=O)Nc2ccc(Cl)c3c(Cl)c[nH]c23)cc1F)N1CCN(C(=O)C(F)(F)F)CC1. The van der Waals surface area contributed by atoms with E-state index >= 15 is 0 Å². The van der Waals surface area contributed by atoms with Crippen LogP contribution in [0.15, 0.2) is 46.3 Å². The zero-order valence-corrected chi connectivity index (χ0v) is 21.5. The van der Waals surface area contributed by atoms with E-state index in [9.17, 15) is 35.0 Å². The highest BCUT2D eigenvalue weighted by atomic mass is 35.5. The maximum absolute atomic E-state index is 15.0. The molecule has 2 heterocycles. The number of hydrogen-bond acceptors (Lipinski definition) is 5. The summed E-state index contributed by atoms with van der Waals surface area (Å²) in [7, 11) is -8.40. The van der Waals surface area contributed by atoms with Crippen LogP contribution in [0.5, 0.6) is 0 Å². The van der Waals surface area contributed by atoms with E-state index in [2.05, 4.69) is 9.71 Å². The number of nitrogens with zero attached hydrogens (tertiary/aromatic N) is 2. The van der Waals surface area contributed by atoms with E-state index in [-0.39, 0.29) is 34.3 Å². The molecule has 0 spiro atoms. The predicted molar refractivity (Wildman–Crippen MR) is 129 cm³/mol. The van der Waals surface area contributed by atoms with Crippen LogP contribution in [0.25, 0.3) is 10.9 Å². The molecule has 1 saturated heterocycles. The molecular weight excluding hydrogens is 585 g/mol. The van der Waals surface area contributed by atoms with Crippen LogP contribution < -0.4 is 4.72 Å². The number of benzene rings is 2. The van der Waals surface area contributed by atoms with Gasteiger partial charge in [0.05, 0.1) is 31.0 Å². The first kappa shape index (κ1) is 27.4. The Morgan fingerprint density at radius 3 is 2.27 bits per heavy atom. The zero-order valence-electron chi connectivity index (χ0n) is 18.4. The molecular formula is C20H17Cl2F4N5O4S2. The fourth-order valence-electron chi connectivity index (χ4n) is 3.80. The van der Waals surface area contributed by atoms with Crippen molar-refractivity contribution in [2.24, 2.45) is 0 Å². The Kier molecular flexibility index (Phi) is 7.13. The predicted octanol–water partition coefficient (Wildman–Crippen LogP) is 4.44. The van der Waals surface area contributed by atoms with E-state index in [0.717, 1.165) is 16.4 Å². The van der Waals surface area contributed by atoms with Crippen molar-refractivity contribution in [3.8, 4) is 0 Å². The van der Waals surface area contributed by atoms with Gasteiger partial charge in [0.15, 0.2) is 0 Å². The van der Waals surface area contributed by atoms with Gasteiger partial charge in [-0.1, -0.05) is 23.2 Å². The lowest BCUT2D eigenvalue weighted by Gasteiger charge is -2.35. The highest BCUT2D eigenvalue weighted by Crippen LogP contribution is 2.35. The van der Waals surface area contributed by atoms with Crippen molar-refractivity contribution in [1.82, 2.24) is 14.2 Å². The van der Waals surface area contributed by atoms with Gasteiger partial charge in [0, 0.05) is 37.8 Å². The summed E-state index contributed by atoms with van der Waals surface area (Å²) >= 11 is 12.2. The number of aromatic nitrogens is 1. The van der Waals surface area contributed by atoms with Crippen LogP contribution >= 0.6 is 23.2 Å². The van der Waals surface area contributed by atoms with E-state index in [1.54, 1.807) is 0 Å². The van der Waals surface area contributed by atoms with Crippen molar-refractivity contribution >= 4 is 65.6 Å². The maximum Gasteiger partial charge on any atom is 0.471 e. The summed E-state index contributed by atoms with van der Waals surface area (Å²) in [6.45, 7) is -1.69. The second-order valence-electron chi connectivity index (χ2n) is 7.92. The summed E-state index contributed by atoms with van der Waals surface area (Å²) in [6, 6.07) is 5.20. The lowest BCUT2D eigenvalue weighted by Crippen LogP contribution is -2.53. The average molecular weight is 602 g/mol. The number of sulfonamides is 1. The molecule has 3 aromatic rings. The average Bonchev–Trinajstić information content (AvgIpc) is 3.22. The van der Waals surface area contributed by atoms with Crippen LogP contribution in [0.3, 0.4) is 0 Å². The first-order chi connectivity index (χ1) is 17.1. The molecule has 0 bridgehead atoms. The van der Waals surface area contributed by atoms with Crippen molar-refractivity contribution in [3.63, 3.8) is 0 Å². The van der Waals surface area contributed by atoms with Gasteiger partial charge in [0.1, 0.15) is 15.7 Å². The third-order valence-corrected chi connectivity index (χ3v) is 9.62. The van der Waals surface area contributed by atoms with E-state index in [4.69, 9.17) is 28.0 Å². The van der Waals surface area contributed by atoms with Crippen molar-refractivity contribution < 1.29 is 35.0 Å². The summed E-state index contributed by atoms with van der Waals surface area (Å²) in [5, 5.41) is 0.898. The summed E-state index contributed by atoms with van der Waals surface area (Å²) in [5.41, 5.74) is 0.363. The Labute approximate surface area is 218 Å². The highest BCUT2D eigenvalue weighted by molar-refractivity contribution is 7.92. The Hall–Kier alpha value is -2.59. The summed E-state index contributed by atoms with van der Waals surface area (Å²) in [4.78, 5) is 13.5.